The molecule has 1 aliphatic heterocycles. The molecule has 134 valence electrons. The van der Waals surface area contributed by atoms with Crippen molar-refractivity contribution in [1.82, 2.24) is 19.6 Å². The van der Waals surface area contributed by atoms with Crippen molar-refractivity contribution >= 4 is 23.1 Å². The largest absolute Gasteiger partial charge is 0.380 e. The van der Waals surface area contributed by atoms with E-state index < -0.39 is 11.7 Å². The fourth-order valence-electron chi connectivity index (χ4n) is 2.98. The molecule has 9 heteroatoms. The van der Waals surface area contributed by atoms with Gasteiger partial charge in [-0.2, -0.15) is 0 Å². The third kappa shape index (κ3) is 2.97. The molecule has 3 aromatic heterocycles. The average molecular weight is 356 g/mol. The summed E-state index contributed by atoms with van der Waals surface area (Å²) in [5.41, 5.74) is 0.815. The zero-order valence-corrected chi connectivity index (χ0v) is 14.1. The molecule has 1 saturated heterocycles. The van der Waals surface area contributed by atoms with Gasteiger partial charge in [-0.25, -0.2) is 13.9 Å². The Morgan fingerprint density at radius 1 is 1.35 bits per heavy atom. The van der Waals surface area contributed by atoms with Gasteiger partial charge in [0.15, 0.2) is 17.2 Å². The summed E-state index contributed by atoms with van der Waals surface area (Å²) in [5.74, 6) is -0.367. The monoisotopic (exact) mass is 356 g/mol. The molecule has 4 rings (SSSR count). The number of rotatable bonds is 4. The number of methoxy groups -OCH3 is 1. The van der Waals surface area contributed by atoms with Crippen LogP contribution in [0.3, 0.4) is 0 Å². The molecule has 0 aromatic carbocycles. The molecule has 1 atom stereocenters. The number of aromatic nitrogens is 4. The van der Waals surface area contributed by atoms with Gasteiger partial charge < -0.3 is 15.0 Å². The zero-order valence-electron chi connectivity index (χ0n) is 14.1. The number of imidazole rings is 1. The van der Waals surface area contributed by atoms with Gasteiger partial charge in [-0.1, -0.05) is 0 Å². The van der Waals surface area contributed by atoms with Crippen molar-refractivity contribution in [2.24, 2.45) is 0 Å². The molecule has 8 nitrogen and oxygen atoms in total. The number of ether oxygens (including phenoxy) is 1. The Kier molecular flexibility index (Phi) is 4.21. The highest BCUT2D eigenvalue weighted by atomic mass is 19.1. The molecule has 0 aliphatic carbocycles. The number of carbonyl (C=O) groups excluding carboxylic acids is 1. The summed E-state index contributed by atoms with van der Waals surface area (Å²) < 4.78 is 20.6. The lowest BCUT2D eigenvalue weighted by molar-refractivity contribution is 0.101. The predicted octanol–water partition coefficient (Wildman–Crippen LogP) is 1.74. The molecule has 0 bridgehead atoms. The van der Waals surface area contributed by atoms with Crippen LogP contribution in [-0.4, -0.2) is 51.8 Å². The van der Waals surface area contributed by atoms with Crippen molar-refractivity contribution in [3.05, 3.63) is 48.3 Å². The molecule has 1 fully saturated rings. The second kappa shape index (κ2) is 6.68. The molecule has 1 aliphatic rings. The number of nitrogens with zero attached hydrogens (tertiary/aromatic N) is 5. The van der Waals surface area contributed by atoms with Crippen LogP contribution >= 0.6 is 0 Å². The molecule has 4 heterocycles. The Bertz CT molecular complexity index is 959. The summed E-state index contributed by atoms with van der Waals surface area (Å²) >= 11 is 0. The molecule has 1 amide bonds. The van der Waals surface area contributed by atoms with Crippen LogP contribution in [0.4, 0.5) is 15.9 Å². The molecule has 0 unspecified atom stereocenters. The Morgan fingerprint density at radius 3 is 3.00 bits per heavy atom. The number of hydrogen-bond donors (Lipinski definition) is 1. The zero-order chi connectivity index (χ0) is 18.1. The molecule has 26 heavy (non-hydrogen) atoms. The SMILES string of the molecule is CO[C@H]1CCN(c2ccc3ncc(C(=O)Nc4ccncc4F)n3n2)C1. The highest BCUT2D eigenvalue weighted by Crippen LogP contribution is 2.21. The molecular formula is C17H17FN6O2. The van der Waals surface area contributed by atoms with Gasteiger partial charge in [0.2, 0.25) is 0 Å². The van der Waals surface area contributed by atoms with Crippen LogP contribution in [0.1, 0.15) is 16.9 Å². The van der Waals surface area contributed by atoms with Gasteiger partial charge in [-0.15, -0.1) is 5.10 Å². The van der Waals surface area contributed by atoms with E-state index in [1.807, 2.05) is 6.07 Å². The first kappa shape index (κ1) is 16.4. The van der Waals surface area contributed by atoms with E-state index in [9.17, 15) is 9.18 Å². The number of anilines is 2. The van der Waals surface area contributed by atoms with Crippen molar-refractivity contribution < 1.29 is 13.9 Å². The van der Waals surface area contributed by atoms with Gasteiger partial charge in [0.1, 0.15) is 5.82 Å². The number of pyridine rings is 1. The highest BCUT2D eigenvalue weighted by molar-refractivity contribution is 6.03. The van der Waals surface area contributed by atoms with E-state index >= 15 is 0 Å². The third-order valence-electron chi connectivity index (χ3n) is 4.40. The minimum absolute atomic E-state index is 0.0542. The van der Waals surface area contributed by atoms with Gasteiger partial charge in [-0.05, 0) is 24.6 Å². The lowest BCUT2D eigenvalue weighted by Crippen LogP contribution is -2.24. The predicted molar refractivity (Wildman–Crippen MR) is 92.8 cm³/mol. The summed E-state index contributed by atoms with van der Waals surface area (Å²) in [6, 6.07) is 5.06. The van der Waals surface area contributed by atoms with Crippen LogP contribution in [0.15, 0.2) is 36.8 Å². The number of nitrogens with one attached hydrogen (secondary N) is 1. The fraction of sp³-hybridized carbons (Fsp3) is 0.294. The summed E-state index contributed by atoms with van der Waals surface area (Å²) in [7, 11) is 1.70. The average Bonchev–Trinajstić information content (AvgIpc) is 3.29. The smallest absolute Gasteiger partial charge is 0.276 e. The third-order valence-corrected chi connectivity index (χ3v) is 4.40. The second-order valence-electron chi connectivity index (χ2n) is 6.01. The lowest BCUT2D eigenvalue weighted by Gasteiger charge is -2.17. The van der Waals surface area contributed by atoms with E-state index in [-0.39, 0.29) is 17.5 Å². The second-order valence-corrected chi connectivity index (χ2v) is 6.01. The van der Waals surface area contributed by atoms with Crippen molar-refractivity contribution in [1.29, 1.82) is 0 Å². The highest BCUT2D eigenvalue weighted by Gasteiger charge is 2.24. The van der Waals surface area contributed by atoms with Gasteiger partial charge in [0.25, 0.3) is 5.91 Å². The van der Waals surface area contributed by atoms with E-state index in [2.05, 4.69) is 25.3 Å². The van der Waals surface area contributed by atoms with Crippen LogP contribution in [0.2, 0.25) is 0 Å². The number of amides is 1. The quantitative estimate of drug-likeness (QED) is 0.767. The Labute approximate surface area is 148 Å². The maximum Gasteiger partial charge on any atom is 0.276 e. The molecule has 0 saturated carbocycles. The fourth-order valence-corrected chi connectivity index (χ4v) is 2.98. The maximum atomic E-state index is 13.7. The molecule has 3 aromatic rings. The van der Waals surface area contributed by atoms with Crippen molar-refractivity contribution in [3.63, 3.8) is 0 Å². The van der Waals surface area contributed by atoms with E-state index in [4.69, 9.17) is 4.74 Å². The first-order valence-corrected chi connectivity index (χ1v) is 8.19. The minimum Gasteiger partial charge on any atom is -0.380 e. The Morgan fingerprint density at radius 2 is 2.23 bits per heavy atom. The molecule has 1 N–H and O–H groups in total. The lowest BCUT2D eigenvalue weighted by atomic mass is 10.3. The van der Waals surface area contributed by atoms with Crippen molar-refractivity contribution in [2.75, 3.05) is 30.4 Å². The van der Waals surface area contributed by atoms with E-state index in [0.717, 1.165) is 31.5 Å². The summed E-state index contributed by atoms with van der Waals surface area (Å²) in [6.45, 7) is 1.57. The maximum absolute atomic E-state index is 13.7. The van der Waals surface area contributed by atoms with Crippen LogP contribution in [0, 0.1) is 5.82 Å². The molecule has 0 spiro atoms. The topological polar surface area (TPSA) is 84.6 Å². The van der Waals surface area contributed by atoms with Gasteiger partial charge in [-0.3, -0.25) is 9.78 Å². The van der Waals surface area contributed by atoms with Crippen LogP contribution < -0.4 is 10.2 Å². The Balaban J connectivity index is 1.62. The van der Waals surface area contributed by atoms with Crippen LogP contribution in [0.5, 0.6) is 0 Å². The summed E-state index contributed by atoms with van der Waals surface area (Å²) in [5, 5.41) is 7.05. The van der Waals surface area contributed by atoms with Crippen molar-refractivity contribution in [2.45, 2.75) is 12.5 Å². The first-order valence-electron chi connectivity index (χ1n) is 8.19. The van der Waals surface area contributed by atoms with E-state index in [0.29, 0.717) is 5.65 Å². The van der Waals surface area contributed by atoms with E-state index in [1.54, 1.807) is 13.2 Å². The normalized spacial score (nSPS) is 17.0. The minimum atomic E-state index is -0.606. The standard InChI is InChI=1S/C17H17FN6O2/c1-26-11-5-7-23(10-11)16-3-2-15-20-9-14(24(15)22-16)17(25)21-13-4-6-19-8-12(13)18/h2-4,6,8-9,11H,5,7,10H2,1H3,(H,19,21,25)/t11-/m0/s1. The van der Waals surface area contributed by atoms with Crippen LogP contribution in [0.25, 0.3) is 5.65 Å². The van der Waals surface area contributed by atoms with Crippen molar-refractivity contribution in [3.8, 4) is 0 Å². The number of hydrogen-bond acceptors (Lipinski definition) is 6. The van der Waals surface area contributed by atoms with Gasteiger partial charge >= 0.3 is 0 Å². The summed E-state index contributed by atoms with van der Waals surface area (Å²) in [6.07, 6.45) is 4.97. The van der Waals surface area contributed by atoms with Gasteiger partial charge in [0.05, 0.1) is 24.2 Å². The first-order chi connectivity index (χ1) is 12.7. The molecule has 0 radical (unpaired) electrons. The van der Waals surface area contributed by atoms with Crippen LogP contribution in [-0.2, 0) is 4.74 Å². The van der Waals surface area contributed by atoms with E-state index in [1.165, 1.54) is 23.0 Å². The molecular weight excluding hydrogens is 339 g/mol. The number of halogens is 1. The summed E-state index contributed by atoms with van der Waals surface area (Å²) in [4.78, 5) is 22.5. The number of fused-ring (bicyclic) bond motifs is 1. The Hall–Kier alpha value is -3.07. The number of carbonyl (C=O) groups is 1. The van der Waals surface area contributed by atoms with Gasteiger partial charge in [0, 0.05) is 26.4 Å².